The maximum atomic E-state index is 4.44. The summed E-state index contributed by atoms with van der Waals surface area (Å²) in [4.78, 5) is 8.15. The van der Waals surface area contributed by atoms with E-state index in [1.54, 1.807) is 11.8 Å². The lowest BCUT2D eigenvalue weighted by atomic mass is 10.0. The quantitative estimate of drug-likeness (QED) is 0.854. The minimum atomic E-state index is 0.611. The van der Waals surface area contributed by atoms with Gasteiger partial charge in [-0.2, -0.15) is 0 Å². The average Bonchev–Trinajstić information content (AvgIpc) is 2.61. The van der Waals surface area contributed by atoms with E-state index in [1.165, 1.54) is 23.3 Å². The predicted molar refractivity (Wildman–Crippen MR) is 94.5 cm³/mol. The molecule has 1 aliphatic heterocycles. The molecule has 0 aliphatic carbocycles. The van der Waals surface area contributed by atoms with Crippen LogP contribution in [0.1, 0.15) is 18.4 Å². The van der Waals surface area contributed by atoms with E-state index in [4.69, 9.17) is 0 Å². The summed E-state index contributed by atoms with van der Waals surface area (Å²) in [6, 6.07) is 15.6. The normalized spacial score (nSPS) is 16.0. The van der Waals surface area contributed by atoms with Gasteiger partial charge in [0.15, 0.2) is 0 Å². The Kier molecular flexibility index (Phi) is 5.35. The zero-order chi connectivity index (χ0) is 15.2. The molecular weight excluding hydrogens is 290 g/mol. The lowest BCUT2D eigenvalue weighted by Crippen LogP contribution is -2.42. The first-order chi connectivity index (χ1) is 10.8. The van der Waals surface area contributed by atoms with Gasteiger partial charge in [0, 0.05) is 36.8 Å². The molecule has 116 valence electrons. The number of pyridine rings is 1. The maximum absolute atomic E-state index is 4.44. The first-order valence-electron chi connectivity index (χ1n) is 7.87. The molecule has 0 unspecified atom stereocenters. The molecule has 1 aromatic heterocycles. The standard InChI is InChI=1S/C18H23N3S/c1-22-17-7-5-15(6-8-17)14-20-16-9-12-21(13-10-16)18-4-2-3-11-19-18/h2-8,11,16,20H,9-10,12-14H2,1H3. The van der Waals surface area contributed by atoms with Crippen LogP contribution in [0, 0.1) is 0 Å². The second-order valence-corrected chi connectivity index (χ2v) is 6.56. The summed E-state index contributed by atoms with van der Waals surface area (Å²) in [7, 11) is 0. The zero-order valence-electron chi connectivity index (χ0n) is 13.0. The van der Waals surface area contributed by atoms with E-state index in [0.29, 0.717) is 6.04 Å². The van der Waals surface area contributed by atoms with Crippen LogP contribution in [0.3, 0.4) is 0 Å². The summed E-state index contributed by atoms with van der Waals surface area (Å²) >= 11 is 1.79. The fourth-order valence-electron chi connectivity index (χ4n) is 2.86. The van der Waals surface area contributed by atoms with Gasteiger partial charge in [-0.15, -0.1) is 11.8 Å². The van der Waals surface area contributed by atoms with Crippen molar-refractivity contribution in [1.82, 2.24) is 10.3 Å². The number of hydrogen-bond acceptors (Lipinski definition) is 4. The first kappa shape index (κ1) is 15.4. The molecule has 2 aromatic rings. The fraction of sp³-hybridized carbons (Fsp3) is 0.389. The predicted octanol–water partition coefficient (Wildman–Crippen LogP) is 3.56. The van der Waals surface area contributed by atoms with Gasteiger partial charge in [-0.3, -0.25) is 0 Å². The van der Waals surface area contributed by atoms with E-state index >= 15 is 0 Å². The molecule has 2 heterocycles. The molecule has 0 saturated carbocycles. The van der Waals surface area contributed by atoms with Crippen molar-refractivity contribution in [3.8, 4) is 0 Å². The first-order valence-corrected chi connectivity index (χ1v) is 9.10. The summed E-state index contributed by atoms with van der Waals surface area (Å²) in [6.07, 6.45) is 6.35. The number of hydrogen-bond donors (Lipinski definition) is 1. The number of aromatic nitrogens is 1. The molecule has 4 heteroatoms. The maximum Gasteiger partial charge on any atom is 0.128 e. The molecule has 0 spiro atoms. The van der Waals surface area contributed by atoms with E-state index in [9.17, 15) is 0 Å². The third kappa shape index (κ3) is 4.02. The molecule has 0 radical (unpaired) electrons. The van der Waals surface area contributed by atoms with E-state index in [0.717, 1.165) is 25.5 Å². The zero-order valence-corrected chi connectivity index (χ0v) is 13.9. The summed E-state index contributed by atoms with van der Waals surface area (Å²) in [6.45, 7) is 3.13. The van der Waals surface area contributed by atoms with E-state index in [2.05, 4.69) is 57.9 Å². The molecule has 1 saturated heterocycles. The van der Waals surface area contributed by atoms with E-state index < -0.39 is 0 Å². The molecule has 22 heavy (non-hydrogen) atoms. The molecule has 1 aromatic carbocycles. The SMILES string of the molecule is CSc1ccc(CNC2CCN(c3ccccn3)CC2)cc1. The second kappa shape index (κ2) is 7.65. The van der Waals surface area contributed by atoms with Gasteiger partial charge in [0.1, 0.15) is 5.82 Å². The lowest BCUT2D eigenvalue weighted by Gasteiger charge is -2.33. The third-order valence-corrected chi connectivity index (χ3v) is 4.97. The lowest BCUT2D eigenvalue weighted by molar-refractivity contribution is 0.413. The van der Waals surface area contributed by atoms with Gasteiger partial charge in [-0.05, 0) is 48.9 Å². The van der Waals surface area contributed by atoms with Gasteiger partial charge in [0.25, 0.3) is 0 Å². The average molecular weight is 313 g/mol. The number of rotatable bonds is 5. The van der Waals surface area contributed by atoms with Crippen LogP contribution in [-0.4, -0.2) is 30.4 Å². The van der Waals surface area contributed by atoms with Crippen molar-refractivity contribution >= 4 is 17.6 Å². The summed E-state index contributed by atoms with van der Waals surface area (Å²) in [5.74, 6) is 1.11. The van der Waals surface area contributed by atoms with Crippen LogP contribution in [0.25, 0.3) is 0 Å². The molecule has 0 amide bonds. The fourth-order valence-corrected chi connectivity index (χ4v) is 3.27. The highest BCUT2D eigenvalue weighted by Crippen LogP contribution is 2.18. The Bertz CT molecular complexity index is 563. The van der Waals surface area contributed by atoms with Crippen molar-refractivity contribution in [2.24, 2.45) is 0 Å². The highest BCUT2D eigenvalue weighted by Gasteiger charge is 2.19. The highest BCUT2D eigenvalue weighted by atomic mass is 32.2. The van der Waals surface area contributed by atoms with Crippen LogP contribution in [0.2, 0.25) is 0 Å². The van der Waals surface area contributed by atoms with Crippen molar-refractivity contribution < 1.29 is 0 Å². The van der Waals surface area contributed by atoms with Crippen molar-refractivity contribution in [1.29, 1.82) is 0 Å². The smallest absolute Gasteiger partial charge is 0.128 e. The number of piperidine rings is 1. The van der Waals surface area contributed by atoms with Crippen LogP contribution in [0.4, 0.5) is 5.82 Å². The van der Waals surface area contributed by atoms with Gasteiger partial charge in [0.05, 0.1) is 0 Å². The van der Waals surface area contributed by atoms with Gasteiger partial charge in [-0.1, -0.05) is 18.2 Å². The minimum Gasteiger partial charge on any atom is -0.357 e. The number of nitrogens with zero attached hydrogens (tertiary/aromatic N) is 2. The van der Waals surface area contributed by atoms with Crippen LogP contribution in [0.5, 0.6) is 0 Å². The Morgan fingerprint density at radius 3 is 2.55 bits per heavy atom. The van der Waals surface area contributed by atoms with Gasteiger partial charge >= 0.3 is 0 Å². The molecule has 0 bridgehead atoms. The van der Waals surface area contributed by atoms with Crippen molar-refractivity contribution in [3.63, 3.8) is 0 Å². The van der Waals surface area contributed by atoms with Gasteiger partial charge < -0.3 is 10.2 Å². The molecule has 3 rings (SSSR count). The number of thioether (sulfide) groups is 1. The largest absolute Gasteiger partial charge is 0.357 e. The van der Waals surface area contributed by atoms with Crippen molar-refractivity contribution in [2.75, 3.05) is 24.2 Å². The minimum absolute atomic E-state index is 0.611. The highest BCUT2D eigenvalue weighted by molar-refractivity contribution is 7.98. The van der Waals surface area contributed by atoms with Crippen LogP contribution in [0.15, 0.2) is 53.6 Å². The molecule has 0 atom stereocenters. The van der Waals surface area contributed by atoms with E-state index in [-0.39, 0.29) is 0 Å². The summed E-state index contributed by atoms with van der Waals surface area (Å²) in [5, 5.41) is 3.69. The monoisotopic (exact) mass is 313 g/mol. The van der Waals surface area contributed by atoms with E-state index in [1.807, 2.05) is 12.3 Å². The molecular formula is C18H23N3S. The number of benzene rings is 1. The van der Waals surface area contributed by atoms with Gasteiger partial charge in [0.2, 0.25) is 0 Å². The van der Waals surface area contributed by atoms with Crippen molar-refractivity contribution in [2.45, 2.75) is 30.3 Å². The summed E-state index contributed by atoms with van der Waals surface area (Å²) in [5.41, 5.74) is 1.37. The topological polar surface area (TPSA) is 28.2 Å². The summed E-state index contributed by atoms with van der Waals surface area (Å²) < 4.78 is 0. The Morgan fingerprint density at radius 2 is 1.91 bits per heavy atom. The number of anilines is 1. The molecule has 1 fully saturated rings. The second-order valence-electron chi connectivity index (χ2n) is 5.68. The molecule has 1 N–H and O–H groups in total. The Labute approximate surface area is 137 Å². The Morgan fingerprint density at radius 1 is 1.14 bits per heavy atom. The third-order valence-electron chi connectivity index (χ3n) is 4.22. The van der Waals surface area contributed by atoms with Crippen LogP contribution >= 0.6 is 11.8 Å². The molecule has 3 nitrogen and oxygen atoms in total. The number of nitrogens with one attached hydrogen (secondary N) is 1. The van der Waals surface area contributed by atoms with Crippen LogP contribution in [-0.2, 0) is 6.54 Å². The van der Waals surface area contributed by atoms with Crippen molar-refractivity contribution in [3.05, 3.63) is 54.2 Å². The Hall–Kier alpha value is -1.52. The van der Waals surface area contributed by atoms with Crippen LogP contribution < -0.4 is 10.2 Å². The van der Waals surface area contributed by atoms with Gasteiger partial charge in [-0.25, -0.2) is 4.98 Å². The Balaban J connectivity index is 1.45. The molecule has 1 aliphatic rings.